The maximum absolute atomic E-state index is 12.6. The Morgan fingerprint density at radius 1 is 0.868 bits per heavy atom. The van der Waals surface area contributed by atoms with E-state index in [9.17, 15) is 20.1 Å². The van der Waals surface area contributed by atoms with Gasteiger partial charge in [0.05, 0.1) is 11.3 Å². The first-order valence-electron chi connectivity index (χ1n) is 15.9. The van der Waals surface area contributed by atoms with Crippen LogP contribution in [0.5, 0.6) is 5.75 Å². The van der Waals surface area contributed by atoms with Gasteiger partial charge < -0.3 is 35.8 Å². The molecule has 282 valence electrons. The van der Waals surface area contributed by atoms with Crippen molar-refractivity contribution in [3.63, 3.8) is 0 Å². The molecular formula is C36H40Cl3N7O6S. The molecule has 4 aromatic rings. The Kier molecular flexibility index (Phi) is 17.4. The van der Waals surface area contributed by atoms with Crippen molar-refractivity contribution < 1.29 is 28.2 Å². The number of anilines is 1. The van der Waals surface area contributed by atoms with Crippen LogP contribution in [0, 0.1) is 34.5 Å². The smallest absolute Gasteiger partial charge is 0.323 e. The first kappa shape index (κ1) is 44.6. The molecule has 0 spiro atoms. The molecule has 6 N–H and O–H groups in total. The van der Waals surface area contributed by atoms with Gasteiger partial charge in [-0.1, -0.05) is 63.2 Å². The highest BCUT2D eigenvalue weighted by Crippen LogP contribution is 2.37. The third-order valence-electron chi connectivity index (χ3n) is 7.67. The summed E-state index contributed by atoms with van der Waals surface area (Å²) in [5.74, 6) is -0.582. The number of nitriles is 2. The SMILES string of the molecule is CC(C)[C@H](N)C(=O)OC[C@@H](COc1ccc(-c2c(C#N)c(N)nc(SCc3coc(-c4ccc(Cl)cc4)n3)c2C#N)cc1)OC(=O)[C@@H](N)C(C)C.Cl.Cl. The van der Waals surface area contributed by atoms with Gasteiger partial charge in [-0.3, -0.25) is 9.59 Å². The molecule has 13 nitrogen and oxygen atoms in total. The fourth-order valence-corrected chi connectivity index (χ4v) is 5.51. The third-order valence-corrected chi connectivity index (χ3v) is 8.93. The van der Waals surface area contributed by atoms with Gasteiger partial charge in [0.15, 0.2) is 6.10 Å². The topological polar surface area (TPSA) is 226 Å². The van der Waals surface area contributed by atoms with Crippen molar-refractivity contribution in [2.75, 3.05) is 18.9 Å². The molecule has 0 radical (unpaired) electrons. The summed E-state index contributed by atoms with van der Waals surface area (Å²) in [5.41, 5.74) is 20.5. The second-order valence-electron chi connectivity index (χ2n) is 12.2. The molecule has 0 aliphatic heterocycles. The molecule has 0 unspecified atom stereocenters. The minimum Gasteiger partial charge on any atom is -0.490 e. The Morgan fingerprint density at radius 2 is 1.45 bits per heavy atom. The number of pyridine rings is 1. The second-order valence-corrected chi connectivity index (χ2v) is 13.6. The summed E-state index contributed by atoms with van der Waals surface area (Å²) in [6, 6.07) is 16.1. The monoisotopic (exact) mass is 803 g/mol. The average molecular weight is 805 g/mol. The number of oxazole rings is 1. The fraction of sp³-hybridized carbons (Fsp3) is 0.333. The van der Waals surface area contributed by atoms with Crippen molar-refractivity contribution in [3.05, 3.63) is 76.6 Å². The van der Waals surface area contributed by atoms with Crippen molar-refractivity contribution in [3.8, 4) is 40.5 Å². The van der Waals surface area contributed by atoms with Gasteiger partial charge >= 0.3 is 11.9 Å². The van der Waals surface area contributed by atoms with Crippen molar-refractivity contribution in [2.24, 2.45) is 23.3 Å². The molecule has 0 fully saturated rings. The van der Waals surface area contributed by atoms with Gasteiger partial charge in [0.1, 0.15) is 65.9 Å². The molecule has 0 bridgehead atoms. The van der Waals surface area contributed by atoms with Crippen LogP contribution < -0.4 is 21.9 Å². The van der Waals surface area contributed by atoms with Crippen LogP contribution in [0.4, 0.5) is 5.82 Å². The summed E-state index contributed by atoms with van der Waals surface area (Å²) in [4.78, 5) is 33.9. The molecule has 0 saturated carbocycles. The Bertz CT molecular complexity index is 1930. The predicted molar refractivity (Wildman–Crippen MR) is 206 cm³/mol. The fourth-order valence-electron chi connectivity index (χ4n) is 4.51. The number of carbonyl (C=O) groups is 2. The van der Waals surface area contributed by atoms with Crippen LogP contribution >= 0.6 is 48.2 Å². The normalized spacial score (nSPS) is 12.4. The van der Waals surface area contributed by atoms with E-state index in [1.54, 1.807) is 76.2 Å². The zero-order valence-electron chi connectivity index (χ0n) is 29.3. The van der Waals surface area contributed by atoms with E-state index in [1.807, 2.05) is 0 Å². The molecular weight excluding hydrogens is 765 g/mol. The van der Waals surface area contributed by atoms with E-state index in [1.165, 1.54) is 18.0 Å². The number of esters is 2. The van der Waals surface area contributed by atoms with Crippen LogP contribution in [0.3, 0.4) is 0 Å². The van der Waals surface area contributed by atoms with Gasteiger partial charge in [-0.25, -0.2) is 9.97 Å². The van der Waals surface area contributed by atoms with Gasteiger partial charge in [-0.05, 0) is 53.8 Å². The Morgan fingerprint density at radius 3 is 2.04 bits per heavy atom. The van der Waals surface area contributed by atoms with Crippen molar-refractivity contribution in [1.82, 2.24) is 9.97 Å². The van der Waals surface area contributed by atoms with Crippen molar-refractivity contribution in [1.29, 1.82) is 10.5 Å². The number of aromatic nitrogens is 2. The minimum absolute atomic E-state index is 0. The predicted octanol–water partition coefficient (Wildman–Crippen LogP) is 6.32. The number of carbonyl (C=O) groups excluding carboxylic acids is 2. The van der Waals surface area contributed by atoms with Gasteiger partial charge in [-0.15, -0.1) is 24.8 Å². The standard InChI is InChI=1S/C36H38ClN7O6S.2ClH/c1-19(2)30(40)35(45)49-17-26(50-36(46)31(41)20(3)4)16-47-25-11-7-21(8-12-25)29-27(13-38)32(42)44-34(28(29)14-39)51-18-24-15-48-33(43-24)22-5-9-23(37)10-6-22;;/h5-12,15,19-20,26,30-31H,16-18,40-41H2,1-4H3,(H2,42,44);2*1H/t26-,30+,31+;;/m1../s1. The van der Waals surface area contributed by atoms with E-state index in [4.69, 9.17) is 47.4 Å². The van der Waals surface area contributed by atoms with E-state index < -0.39 is 30.1 Å². The summed E-state index contributed by atoms with van der Waals surface area (Å²) in [5, 5.41) is 21.1. The number of nitrogens with two attached hydrogens (primary N) is 3. The van der Waals surface area contributed by atoms with Crippen LogP contribution in [0.15, 0.2) is 64.2 Å². The molecule has 2 aromatic heterocycles. The van der Waals surface area contributed by atoms with E-state index in [0.29, 0.717) is 44.3 Å². The molecule has 0 aliphatic rings. The quantitative estimate of drug-likeness (QED) is 0.0883. The minimum atomic E-state index is -0.979. The molecule has 17 heteroatoms. The van der Waals surface area contributed by atoms with Crippen LogP contribution in [0.2, 0.25) is 5.02 Å². The van der Waals surface area contributed by atoms with Crippen LogP contribution in [0.1, 0.15) is 44.5 Å². The summed E-state index contributed by atoms with van der Waals surface area (Å²) >= 11 is 7.21. The summed E-state index contributed by atoms with van der Waals surface area (Å²) in [7, 11) is 0. The number of hydrogen-bond donors (Lipinski definition) is 3. The lowest BCUT2D eigenvalue weighted by Crippen LogP contribution is -2.43. The summed E-state index contributed by atoms with van der Waals surface area (Å²) in [6.07, 6.45) is 0.539. The third kappa shape index (κ3) is 11.7. The molecule has 4 rings (SSSR count). The lowest BCUT2D eigenvalue weighted by atomic mass is 9.97. The van der Waals surface area contributed by atoms with E-state index in [0.717, 1.165) is 5.56 Å². The first-order chi connectivity index (χ1) is 24.3. The van der Waals surface area contributed by atoms with Gasteiger partial charge in [0.2, 0.25) is 5.89 Å². The molecule has 53 heavy (non-hydrogen) atoms. The summed E-state index contributed by atoms with van der Waals surface area (Å²) in [6.45, 7) is 6.67. The lowest BCUT2D eigenvalue weighted by molar-refractivity contribution is -0.163. The van der Waals surface area contributed by atoms with E-state index in [2.05, 4.69) is 22.1 Å². The molecule has 0 saturated heterocycles. The van der Waals surface area contributed by atoms with Gasteiger partial charge in [0.25, 0.3) is 0 Å². The highest BCUT2D eigenvalue weighted by Gasteiger charge is 2.27. The molecule has 0 amide bonds. The Balaban J connectivity index is 0.00000486. The number of benzene rings is 2. The largest absolute Gasteiger partial charge is 0.490 e. The highest BCUT2D eigenvalue weighted by molar-refractivity contribution is 7.98. The molecule has 2 heterocycles. The van der Waals surface area contributed by atoms with Crippen molar-refractivity contribution in [2.45, 2.75) is 56.7 Å². The number of nitrogens with zero attached hydrogens (tertiary/aromatic N) is 4. The maximum atomic E-state index is 12.6. The van der Waals surface area contributed by atoms with Crippen molar-refractivity contribution >= 4 is 65.9 Å². The Hall–Kier alpha value is -4.54. The number of thioether (sulfide) groups is 1. The molecule has 2 aromatic carbocycles. The average Bonchev–Trinajstić information content (AvgIpc) is 3.60. The second kappa shape index (κ2) is 20.6. The highest BCUT2D eigenvalue weighted by atomic mass is 35.5. The van der Waals surface area contributed by atoms with E-state index >= 15 is 0 Å². The van der Waals surface area contributed by atoms with Crippen LogP contribution in [-0.4, -0.2) is 53.3 Å². The number of ether oxygens (including phenoxy) is 3. The molecule has 0 aliphatic carbocycles. The Labute approximate surface area is 329 Å². The summed E-state index contributed by atoms with van der Waals surface area (Å²) < 4.78 is 22.4. The number of rotatable bonds is 15. The lowest BCUT2D eigenvalue weighted by Gasteiger charge is -2.23. The van der Waals surface area contributed by atoms with Crippen LogP contribution in [-0.2, 0) is 24.8 Å². The van der Waals surface area contributed by atoms with Crippen LogP contribution in [0.25, 0.3) is 22.6 Å². The zero-order valence-corrected chi connectivity index (χ0v) is 32.5. The number of halogens is 3. The van der Waals surface area contributed by atoms with Gasteiger partial charge in [-0.2, -0.15) is 10.5 Å². The van der Waals surface area contributed by atoms with E-state index in [-0.39, 0.29) is 66.8 Å². The van der Waals surface area contributed by atoms with Gasteiger partial charge in [0, 0.05) is 21.9 Å². The maximum Gasteiger partial charge on any atom is 0.323 e. The number of nitrogen functional groups attached to an aromatic ring is 1. The first-order valence-corrected chi connectivity index (χ1v) is 17.3. The molecule has 3 atom stereocenters. The number of hydrogen-bond acceptors (Lipinski definition) is 14. The zero-order chi connectivity index (χ0) is 37.2.